The van der Waals surface area contributed by atoms with Gasteiger partial charge in [-0.3, -0.25) is 4.90 Å². The number of thiophene rings is 1. The minimum atomic E-state index is -0.197. The number of anilines is 1. The molecule has 0 radical (unpaired) electrons. The van der Waals surface area contributed by atoms with Crippen molar-refractivity contribution in [2.45, 2.75) is 64.5 Å². The van der Waals surface area contributed by atoms with Gasteiger partial charge in [0.05, 0.1) is 26.2 Å². The minimum absolute atomic E-state index is 0.0549. The van der Waals surface area contributed by atoms with E-state index in [0.717, 1.165) is 22.3 Å². The lowest BCUT2D eigenvalue weighted by Gasteiger charge is -2.52. The van der Waals surface area contributed by atoms with Crippen molar-refractivity contribution in [3.63, 3.8) is 0 Å². The summed E-state index contributed by atoms with van der Waals surface area (Å²) in [6.45, 7) is 7.62. The Labute approximate surface area is 191 Å². The Balaban J connectivity index is 1.40. The molecule has 5 heteroatoms. The van der Waals surface area contributed by atoms with Crippen molar-refractivity contribution >= 4 is 23.1 Å². The van der Waals surface area contributed by atoms with Gasteiger partial charge in [-0.25, -0.2) is 4.79 Å². The van der Waals surface area contributed by atoms with E-state index in [2.05, 4.69) is 23.8 Å². The second kappa shape index (κ2) is 10.6. The first-order valence-corrected chi connectivity index (χ1v) is 13.0. The summed E-state index contributed by atoms with van der Waals surface area (Å²) in [6, 6.07) is 12.0. The SMILES string of the molecule is CCCCCCC[N+]12CCC(CC1)[C@@H](OC(=O)N(Cc1ccsc1)c1ccccc1)C2. The number of benzene rings is 1. The lowest BCUT2D eigenvalue weighted by molar-refractivity contribution is -0.946. The molecule has 3 saturated heterocycles. The Morgan fingerprint density at radius 2 is 1.87 bits per heavy atom. The molecule has 0 saturated carbocycles. The van der Waals surface area contributed by atoms with Crippen molar-refractivity contribution in [3.05, 3.63) is 52.7 Å². The van der Waals surface area contributed by atoms with Crippen molar-refractivity contribution in [2.75, 3.05) is 31.1 Å². The molecule has 1 aromatic carbocycles. The van der Waals surface area contributed by atoms with E-state index in [9.17, 15) is 4.79 Å². The molecular weight excluding hydrogens is 404 g/mol. The molecule has 31 heavy (non-hydrogen) atoms. The van der Waals surface area contributed by atoms with E-state index >= 15 is 0 Å². The highest BCUT2D eigenvalue weighted by molar-refractivity contribution is 7.07. The molecule has 5 rings (SSSR count). The molecule has 2 aromatic rings. The van der Waals surface area contributed by atoms with Crippen molar-refractivity contribution in [2.24, 2.45) is 5.92 Å². The first-order valence-electron chi connectivity index (χ1n) is 12.1. The van der Waals surface area contributed by atoms with Gasteiger partial charge in [-0.05, 0) is 47.4 Å². The zero-order valence-corrected chi connectivity index (χ0v) is 19.7. The third kappa shape index (κ3) is 5.69. The molecule has 2 bridgehead atoms. The van der Waals surface area contributed by atoms with Crippen LogP contribution in [0.2, 0.25) is 0 Å². The predicted octanol–water partition coefficient (Wildman–Crippen LogP) is 6.47. The van der Waals surface area contributed by atoms with Gasteiger partial charge in [-0.15, -0.1) is 0 Å². The van der Waals surface area contributed by atoms with E-state index in [4.69, 9.17) is 4.74 Å². The van der Waals surface area contributed by atoms with Crippen LogP contribution in [0.3, 0.4) is 0 Å². The molecular formula is C26H37N2O2S+. The number of nitrogens with zero attached hydrogens (tertiary/aromatic N) is 2. The summed E-state index contributed by atoms with van der Waals surface area (Å²) in [5.74, 6) is 0.530. The normalized spacial score (nSPS) is 24.8. The first-order chi connectivity index (χ1) is 15.2. The van der Waals surface area contributed by atoms with Gasteiger partial charge >= 0.3 is 6.09 Å². The Morgan fingerprint density at radius 3 is 2.58 bits per heavy atom. The molecule has 4 heterocycles. The van der Waals surface area contributed by atoms with Crippen molar-refractivity contribution < 1.29 is 14.0 Å². The van der Waals surface area contributed by atoms with Crippen LogP contribution in [-0.4, -0.2) is 42.9 Å². The van der Waals surface area contributed by atoms with Crippen LogP contribution in [0.1, 0.15) is 57.4 Å². The lowest BCUT2D eigenvalue weighted by Crippen LogP contribution is -2.64. The van der Waals surface area contributed by atoms with Crippen molar-refractivity contribution in [3.8, 4) is 0 Å². The zero-order chi connectivity index (χ0) is 21.5. The molecule has 1 aromatic heterocycles. The number of carbonyl (C=O) groups is 1. The molecule has 3 aliphatic heterocycles. The average molecular weight is 442 g/mol. The molecule has 0 N–H and O–H groups in total. The van der Waals surface area contributed by atoms with Gasteiger partial charge in [0.15, 0.2) is 6.10 Å². The highest BCUT2D eigenvalue weighted by atomic mass is 32.1. The molecule has 1 amide bonds. The number of unbranched alkanes of at least 4 members (excludes halogenated alkanes) is 4. The average Bonchev–Trinajstić information content (AvgIpc) is 3.32. The number of hydrogen-bond acceptors (Lipinski definition) is 3. The van der Waals surface area contributed by atoms with Crippen LogP contribution >= 0.6 is 11.3 Å². The fraction of sp³-hybridized carbons (Fsp3) is 0.577. The highest BCUT2D eigenvalue weighted by Gasteiger charge is 2.47. The van der Waals surface area contributed by atoms with E-state index in [1.165, 1.54) is 64.6 Å². The summed E-state index contributed by atoms with van der Waals surface area (Å²) in [5, 5.41) is 4.17. The predicted molar refractivity (Wildman–Crippen MR) is 128 cm³/mol. The van der Waals surface area contributed by atoms with E-state index in [1.54, 1.807) is 16.2 Å². The van der Waals surface area contributed by atoms with Gasteiger partial charge in [0, 0.05) is 24.4 Å². The maximum atomic E-state index is 13.4. The van der Waals surface area contributed by atoms with Gasteiger partial charge in [0.25, 0.3) is 0 Å². The quantitative estimate of drug-likeness (QED) is 0.312. The number of ether oxygens (including phenoxy) is 1. The fourth-order valence-electron chi connectivity index (χ4n) is 5.35. The van der Waals surface area contributed by atoms with E-state index in [0.29, 0.717) is 12.5 Å². The third-order valence-electron chi connectivity index (χ3n) is 7.24. The number of amides is 1. The monoisotopic (exact) mass is 441 g/mol. The minimum Gasteiger partial charge on any atom is -0.440 e. The summed E-state index contributed by atoms with van der Waals surface area (Å²) in [7, 11) is 0. The van der Waals surface area contributed by atoms with Crippen LogP contribution < -0.4 is 4.90 Å². The van der Waals surface area contributed by atoms with Crippen LogP contribution in [0.4, 0.5) is 10.5 Å². The van der Waals surface area contributed by atoms with Crippen molar-refractivity contribution in [1.29, 1.82) is 0 Å². The third-order valence-corrected chi connectivity index (χ3v) is 7.97. The number of quaternary nitrogens is 1. The second-order valence-electron chi connectivity index (χ2n) is 9.42. The molecule has 1 atom stereocenters. The first kappa shape index (κ1) is 22.3. The number of hydrogen-bond donors (Lipinski definition) is 0. The number of para-hydroxylation sites is 1. The van der Waals surface area contributed by atoms with E-state index in [1.807, 2.05) is 30.3 Å². The van der Waals surface area contributed by atoms with Gasteiger partial charge in [-0.1, -0.05) is 44.4 Å². The Morgan fingerprint density at radius 1 is 1.10 bits per heavy atom. The zero-order valence-electron chi connectivity index (χ0n) is 18.9. The largest absolute Gasteiger partial charge is 0.440 e. The van der Waals surface area contributed by atoms with Crippen LogP contribution in [0.15, 0.2) is 47.2 Å². The lowest BCUT2D eigenvalue weighted by atomic mass is 9.83. The van der Waals surface area contributed by atoms with Gasteiger partial charge in [-0.2, -0.15) is 11.3 Å². The summed E-state index contributed by atoms with van der Waals surface area (Å²) in [4.78, 5) is 15.2. The Bertz CT molecular complexity index is 800. The second-order valence-corrected chi connectivity index (χ2v) is 10.2. The molecule has 168 valence electrons. The maximum absolute atomic E-state index is 13.4. The highest BCUT2D eigenvalue weighted by Crippen LogP contribution is 2.36. The summed E-state index contributed by atoms with van der Waals surface area (Å²) in [6.07, 6.45) is 8.89. The Kier molecular flexibility index (Phi) is 7.67. The molecule has 0 spiro atoms. The fourth-order valence-corrected chi connectivity index (χ4v) is 6.01. The van der Waals surface area contributed by atoms with Crippen LogP contribution in [0.25, 0.3) is 0 Å². The topological polar surface area (TPSA) is 29.5 Å². The summed E-state index contributed by atoms with van der Waals surface area (Å²) >= 11 is 1.66. The summed E-state index contributed by atoms with van der Waals surface area (Å²) in [5.41, 5.74) is 2.05. The Hall–Kier alpha value is -1.85. The number of fused-ring (bicyclic) bond motifs is 3. The molecule has 3 fully saturated rings. The molecule has 0 unspecified atom stereocenters. The number of rotatable bonds is 10. The van der Waals surface area contributed by atoms with Crippen LogP contribution in [0, 0.1) is 5.92 Å². The van der Waals surface area contributed by atoms with E-state index in [-0.39, 0.29) is 12.2 Å². The van der Waals surface area contributed by atoms with Crippen LogP contribution in [0.5, 0.6) is 0 Å². The van der Waals surface area contributed by atoms with Gasteiger partial charge < -0.3 is 9.22 Å². The standard InChI is InChI=1S/C26H37N2O2S/c1-2-3-4-5-9-15-28-16-12-23(13-17-28)25(20-28)30-26(29)27(19-22-14-18-31-21-22)24-10-7-6-8-11-24/h6-8,10-11,14,18,21,23,25H,2-5,9,12-13,15-17,19-20H2,1H3/q+1/t23?,25-,28?/m0/s1. The number of piperidine rings is 3. The molecule has 4 nitrogen and oxygen atoms in total. The smallest absolute Gasteiger partial charge is 0.415 e. The van der Waals surface area contributed by atoms with Gasteiger partial charge in [0.1, 0.15) is 6.54 Å². The summed E-state index contributed by atoms with van der Waals surface area (Å²) < 4.78 is 7.40. The van der Waals surface area contributed by atoms with Crippen molar-refractivity contribution in [1.82, 2.24) is 0 Å². The molecule has 3 aliphatic rings. The van der Waals surface area contributed by atoms with Crippen LogP contribution in [-0.2, 0) is 11.3 Å². The van der Waals surface area contributed by atoms with Gasteiger partial charge in [0.2, 0.25) is 0 Å². The molecule has 0 aliphatic carbocycles. The maximum Gasteiger partial charge on any atom is 0.415 e. The number of carbonyl (C=O) groups excluding carboxylic acids is 1. The van der Waals surface area contributed by atoms with E-state index < -0.39 is 0 Å².